The number of pyridine rings is 1. The van der Waals surface area contributed by atoms with Gasteiger partial charge in [-0.3, -0.25) is 20.2 Å². The van der Waals surface area contributed by atoms with Crippen LogP contribution in [0.4, 0.5) is 16.3 Å². The molecule has 2 rings (SSSR count). The maximum atomic E-state index is 12.5. The van der Waals surface area contributed by atoms with E-state index in [0.29, 0.717) is 19.5 Å². The number of nitrogens with two attached hydrogens (primary N) is 1. The molecule has 26 heavy (non-hydrogen) atoms. The Morgan fingerprint density at radius 2 is 2.08 bits per heavy atom. The molecule has 1 saturated heterocycles. The molecule has 0 aliphatic carbocycles. The molecule has 2 heterocycles. The van der Waals surface area contributed by atoms with Crippen LogP contribution in [0, 0.1) is 16.0 Å². The normalized spacial score (nSPS) is 15.8. The molecule has 0 unspecified atom stereocenters. The number of aromatic nitrogens is 1. The van der Waals surface area contributed by atoms with Crippen molar-refractivity contribution in [3.8, 4) is 0 Å². The molecule has 1 aliphatic rings. The number of halogens is 1. The van der Waals surface area contributed by atoms with Crippen LogP contribution in [0.25, 0.3) is 0 Å². The van der Waals surface area contributed by atoms with Gasteiger partial charge in [0.05, 0.1) is 11.0 Å². The van der Waals surface area contributed by atoms with Crippen molar-refractivity contribution in [2.24, 2.45) is 11.7 Å². The third kappa shape index (κ3) is 4.58. The minimum atomic E-state index is -0.706. The van der Waals surface area contributed by atoms with E-state index in [9.17, 15) is 19.7 Å². The largest absolute Gasteiger partial charge is 0.342 e. The fourth-order valence-electron chi connectivity index (χ4n) is 2.53. The molecule has 2 atom stereocenters. The number of anilines is 1. The standard InChI is InChI=1S/C15H22N6O4.ClH/c1-3-10(2)12(16)14(22)19-8-5-9-20(19)15(23)18-13-11(21(24)25)6-4-7-17-13;/h4,6-7,10,12H,3,5,8-9,16H2,1-2H3,(H,17,18,23);1H/t10-,12-;/m0./s1. The molecule has 0 saturated carbocycles. The summed E-state index contributed by atoms with van der Waals surface area (Å²) in [7, 11) is 0. The summed E-state index contributed by atoms with van der Waals surface area (Å²) in [6, 6.07) is 1.30. The van der Waals surface area contributed by atoms with E-state index in [1.54, 1.807) is 0 Å². The van der Waals surface area contributed by atoms with E-state index >= 15 is 0 Å². The van der Waals surface area contributed by atoms with E-state index in [-0.39, 0.29) is 35.7 Å². The lowest BCUT2D eigenvalue weighted by Gasteiger charge is -2.31. The van der Waals surface area contributed by atoms with Crippen molar-refractivity contribution in [2.75, 3.05) is 18.4 Å². The number of rotatable bonds is 5. The Labute approximate surface area is 157 Å². The maximum absolute atomic E-state index is 12.5. The van der Waals surface area contributed by atoms with Crippen LogP contribution < -0.4 is 11.1 Å². The minimum Gasteiger partial charge on any atom is -0.320 e. The second-order valence-corrected chi connectivity index (χ2v) is 5.91. The van der Waals surface area contributed by atoms with Gasteiger partial charge in [0.2, 0.25) is 5.82 Å². The van der Waals surface area contributed by atoms with Gasteiger partial charge in [0.1, 0.15) is 0 Å². The lowest BCUT2D eigenvalue weighted by Crippen LogP contribution is -2.53. The van der Waals surface area contributed by atoms with E-state index in [1.165, 1.54) is 28.3 Å². The summed E-state index contributed by atoms with van der Waals surface area (Å²) in [5.74, 6) is -0.518. The predicted molar refractivity (Wildman–Crippen MR) is 97.6 cm³/mol. The number of nitro groups is 1. The van der Waals surface area contributed by atoms with Crippen molar-refractivity contribution in [3.63, 3.8) is 0 Å². The van der Waals surface area contributed by atoms with E-state index in [4.69, 9.17) is 5.73 Å². The van der Waals surface area contributed by atoms with E-state index in [0.717, 1.165) is 6.42 Å². The molecular formula is C15H23ClN6O4. The maximum Gasteiger partial charge on any atom is 0.342 e. The number of carbonyl (C=O) groups is 2. The third-order valence-corrected chi connectivity index (χ3v) is 4.27. The zero-order valence-corrected chi connectivity index (χ0v) is 15.4. The summed E-state index contributed by atoms with van der Waals surface area (Å²) in [4.78, 5) is 39.2. The highest BCUT2D eigenvalue weighted by molar-refractivity contribution is 5.93. The molecule has 1 aromatic heterocycles. The lowest BCUT2D eigenvalue weighted by molar-refractivity contribution is -0.384. The number of nitrogens with one attached hydrogen (secondary N) is 1. The smallest absolute Gasteiger partial charge is 0.320 e. The molecule has 0 radical (unpaired) electrons. The van der Waals surface area contributed by atoms with Gasteiger partial charge in [0, 0.05) is 25.4 Å². The third-order valence-electron chi connectivity index (χ3n) is 4.27. The summed E-state index contributed by atoms with van der Waals surface area (Å²) in [6.07, 6.45) is 2.69. The topological polar surface area (TPSA) is 135 Å². The van der Waals surface area contributed by atoms with E-state index in [1.807, 2.05) is 13.8 Å². The number of hydrazine groups is 1. The van der Waals surface area contributed by atoms with Crippen LogP contribution in [0.2, 0.25) is 0 Å². The first-order valence-electron chi connectivity index (χ1n) is 8.11. The summed E-state index contributed by atoms with van der Waals surface area (Å²) in [5, 5.41) is 15.9. The Morgan fingerprint density at radius 3 is 2.69 bits per heavy atom. The summed E-state index contributed by atoms with van der Waals surface area (Å²) < 4.78 is 0. The van der Waals surface area contributed by atoms with Crippen molar-refractivity contribution in [1.29, 1.82) is 0 Å². The average Bonchev–Trinajstić information content (AvgIpc) is 3.09. The number of nitrogens with zero attached hydrogens (tertiary/aromatic N) is 4. The van der Waals surface area contributed by atoms with Crippen LogP contribution in [0.3, 0.4) is 0 Å². The molecule has 0 aromatic carbocycles. The quantitative estimate of drug-likeness (QED) is 0.584. The van der Waals surface area contributed by atoms with Crippen molar-refractivity contribution in [2.45, 2.75) is 32.7 Å². The zero-order chi connectivity index (χ0) is 18.6. The van der Waals surface area contributed by atoms with Crippen LogP contribution in [0.5, 0.6) is 0 Å². The van der Waals surface area contributed by atoms with Gasteiger partial charge in [0.15, 0.2) is 0 Å². The van der Waals surface area contributed by atoms with Crippen molar-refractivity contribution in [1.82, 2.24) is 15.0 Å². The first kappa shape index (κ1) is 21.6. The summed E-state index contributed by atoms with van der Waals surface area (Å²) in [5.41, 5.74) is 5.66. The Kier molecular flexibility index (Phi) is 7.72. The van der Waals surface area contributed by atoms with Crippen LogP contribution in [0.15, 0.2) is 18.3 Å². The first-order valence-corrected chi connectivity index (χ1v) is 8.11. The molecule has 1 fully saturated rings. The van der Waals surface area contributed by atoms with Gasteiger partial charge in [-0.15, -0.1) is 12.4 Å². The molecular weight excluding hydrogens is 364 g/mol. The molecule has 11 heteroatoms. The summed E-state index contributed by atoms with van der Waals surface area (Å²) >= 11 is 0. The predicted octanol–water partition coefficient (Wildman–Crippen LogP) is 1.77. The highest BCUT2D eigenvalue weighted by atomic mass is 35.5. The molecule has 144 valence electrons. The Hall–Kier alpha value is -2.46. The monoisotopic (exact) mass is 386 g/mol. The van der Waals surface area contributed by atoms with Crippen LogP contribution >= 0.6 is 12.4 Å². The number of carbonyl (C=O) groups excluding carboxylic acids is 2. The number of hydrogen-bond acceptors (Lipinski definition) is 6. The Balaban J connectivity index is 0.00000338. The summed E-state index contributed by atoms with van der Waals surface area (Å²) in [6.45, 7) is 4.51. The fourth-order valence-corrected chi connectivity index (χ4v) is 2.53. The minimum absolute atomic E-state index is 0. The number of urea groups is 1. The van der Waals surface area contributed by atoms with Crippen molar-refractivity contribution >= 4 is 35.9 Å². The fraction of sp³-hybridized carbons (Fsp3) is 0.533. The molecule has 0 spiro atoms. The second-order valence-electron chi connectivity index (χ2n) is 5.91. The van der Waals surface area contributed by atoms with Crippen molar-refractivity contribution < 1.29 is 14.5 Å². The molecule has 1 aromatic rings. The SMILES string of the molecule is CC[C@H](C)[C@H](N)C(=O)N1CCCN1C(=O)Nc1ncccc1[N+](=O)[O-].Cl. The zero-order valence-electron chi connectivity index (χ0n) is 14.6. The van der Waals surface area contributed by atoms with Crippen molar-refractivity contribution in [3.05, 3.63) is 28.4 Å². The molecule has 3 N–H and O–H groups in total. The number of hydrogen-bond donors (Lipinski definition) is 2. The molecule has 10 nitrogen and oxygen atoms in total. The molecule has 0 bridgehead atoms. The first-order chi connectivity index (χ1) is 11.9. The van der Waals surface area contributed by atoms with E-state index < -0.39 is 17.0 Å². The highest BCUT2D eigenvalue weighted by Crippen LogP contribution is 2.22. The van der Waals surface area contributed by atoms with Crippen LogP contribution in [0.1, 0.15) is 26.7 Å². The average molecular weight is 387 g/mol. The lowest BCUT2D eigenvalue weighted by atomic mass is 9.99. The Bertz CT molecular complexity index is 673. The van der Waals surface area contributed by atoms with Crippen LogP contribution in [-0.2, 0) is 4.79 Å². The molecule has 1 aliphatic heterocycles. The van der Waals surface area contributed by atoms with Gasteiger partial charge in [-0.2, -0.15) is 0 Å². The highest BCUT2D eigenvalue weighted by Gasteiger charge is 2.35. The van der Waals surface area contributed by atoms with Gasteiger partial charge >= 0.3 is 11.7 Å². The van der Waals surface area contributed by atoms with Gasteiger partial charge in [-0.05, 0) is 18.4 Å². The van der Waals surface area contributed by atoms with Gasteiger partial charge < -0.3 is 5.73 Å². The molecule has 3 amide bonds. The van der Waals surface area contributed by atoms with Gasteiger partial charge in [-0.1, -0.05) is 20.3 Å². The van der Waals surface area contributed by atoms with Gasteiger partial charge in [-0.25, -0.2) is 19.8 Å². The second kappa shape index (κ2) is 9.30. The van der Waals surface area contributed by atoms with Gasteiger partial charge in [0.25, 0.3) is 5.91 Å². The van der Waals surface area contributed by atoms with Crippen LogP contribution in [-0.4, -0.2) is 51.0 Å². The Morgan fingerprint density at radius 1 is 1.42 bits per heavy atom. The number of amides is 3. The van der Waals surface area contributed by atoms with E-state index in [2.05, 4.69) is 10.3 Å².